The smallest absolute Gasteiger partial charge is 0.431 e. The number of phosphoric ester groups is 1. The fourth-order valence-electron chi connectivity index (χ4n) is 4.38. The first kappa shape index (κ1) is 34.2. The Hall–Kier alpha value is -3.33. The second-order valence-electron chi connectivity index (χ2n) is 9.51. The number of benzene rings is 1. The molecular weight excluding hydrogens is 603 g/mol. The highest BCUT2D eigenvalue weighted by molar-refractivity contribution is 7.80. The van der Waals surface area contributed by atoms with Crippen LogP contribution in [0.25, 0.3) is 0 Å². The van der Waals surface area contributed by atoms with Gasteiger partial charge in [0.1, 0.15) is 31.6 Å². The number of aromatic nitrogens is 2. The van der Waals surface area contributed by atoms with E-state index in [0.717, 1.165) is 49.1 Å². The van der Waals surface area contributed by atoms with Gasteiger partial charge < -0.3 is 29.7 Å². The molecule has 0 bridgehead atoms. The van der Waals surface area contributed by atoms with E-state index < -0.39 is 56.2 Å². The molecule has 1 fully saturated rings. The van der Waals surface area contributed by atoms with E-state index in [1.165, 1.54) is 6.20 Å². The summed E-state index contributed by atoms with van der Waals surface area (Å²) in [5, 5.41) is 6.50. The summed E-state index contributed by atoms with van der Waals surface area (Å²) in [6.45, 7) is 0.273. The van der Waals surface area contributed by atoms with Crippen molar-refractivity contribution in [1.82, 2.24) is 20.2 Å². The van der Waals surface area contributed by atoms with E-state index in [9.17, 15) is 23.8 Å². The number of rotatable bonds is 15. The lowest BCUT2D eigenvalue weighted by Crippen LogP contribution is -2.35. The molecule has 14 nitrogen and oxygen atoms in total. The van der Waals surface area contributed by atoms with Crippen LogP contribution in [0.2, 0.25) is 0 Å². The molecule has 43 heavy (non-hydrogen) atoms. The van der Waals surface area contributed by atoms with Gasteiger partial charge in [0.25, 0.3) is 5.56 Å². The third kappa shape index (κ3) is 11.0. The van der Waals surface area contributed by atoms with Gasteiger partial charge in [-0.3, -0.25) is 23.4 Å². The van der Waals surface area contributed by atoms with Crippen LogP contribution in [0, 0.1) is 5.92 Å². The molecule has 2 heterocycles. The van der Waals surface area contributed by atoms with Crippen molar-refractivity contribution in [3.63, 3.8) is 0 Å². The van der Waals surface area contributed by atoms with Gasteiger partial charge in [-0.05, 0) is 43.5 Å². The minimum Gasteiger partial charge on any atom is -0.431 e. The Kier molecular flexibility index (Phi) is 13.6. The third-order valence-corrected chi connectivity index (χ3v) is 7.85. The number of hydrogen-bond donors (Lipinski definition) is 4. The summed E-state index contributed by atoms with van der Waals surface area (Å²) in [5.74, 6) is -0.723. The summed E-state index contributed by atoms with van der Waals surface area (Å²) in [4.78, 5) is 49.0. The van der Waals surface area contributed by atoms with Crippen LogP contribution in [0.15, 0.2) is 64.3 Å². The van der Waals surface area contributed by atoms with Crippen LogP contribution in [-0.2, 0) is 34.4 Å². The highest BCUT2D eigenvalue weighted by Crippen LogP contribution is 2.50. The van der Waals surface area contributed by atoms with Crippen molar-refractivity contribution in [1.29, 1.82) is 0 Å². The van der Waals surface area contributed by atoms with Crippen molar-refractivity contribution in [3.8, 4) is 0 Å². The SMILES string of the molecule is CNC(=S)NCCCC/C=C/C[C@H]1C(OP(=O)(O)OC)[C@@H](COC(=O)OCc2ccccc2)O[C@H]1n1ccc(=O)[nH]c1=O. The van der Waals surface area contributed by atoms with Gasteiger partial charge in [-0.15, -0.1) is 0 Å². The molecule has 4 N–H and O–H groups in total. The summed E-state index contributed by atoms with van der Waals surface area (Å²) < 4.78 is 40.2. The number of allylic oxidation sites excluding steroid dienone is 2. The number of carbonyl (C=O) groups excluding carboxylic acids is 1. The van der Waals surface area contributed by atoms with E-state index >= 15 is 0 Å². The van der Waals surface area contributed by atoms with Gasteiger partial charge in [-0.1, -0.05) is 42.5 Å². The standard InChI is InChI=1S/C27H37N4O10PS/c1-28-25(43)29-15-10-5-3-4-9-13-20-23(41-42(35,36)37-2)21(40-24(20)31-16-14-22(32)30-26(31)33)18-39-27(34)38-17-19-11-7-6-8-12-19/h4,6-9,11-12,14,16,20-21,23-24H,3,5,10,13,15,17-18H2,1-2H3,(H,35,36)(H2,28,29,43)(H,30,32,33)/b9-4+/t20-,21+,23?,24+/m0/s1. The number of carbonyl (C=O) groups is 1. The van der Waals surface area contributed by atoms with Crippen LogP contribution in [0.5, 0.6) is 0 Å². The maximum atomic E-state index is 12.7. The Balaban J connectivity index is 1.74. The van der Waals surface area contributed by atoms with E-state index in [2.05, 4.69) is 20.1 Å². The number of ether oxygens (including phenoxy) is 3. The van der Waals surface area contributed by atoms with E-state index in [1.54, 1.807) is 31.3 Å². The van der Waals surface area contributed by atoms with Gasteiger partial charge in [0.05, 0.1) is 0 Å². The van der Waals surface area contributed by atoms with E-state index in [0.29, 0.717) is 5.11 Å². The number of aromatic amines is 1. The minimum atomic E-state index is -4.55. The van der Waals surface area contributed by atoms with Crippen molar-refractivity contribution in [2.75, 3.05) is 27.3 Å². The largest absolute Gasteiger partial charge is 0.508 e. The summed E-state index contributed by atoms with van der Waals surface area (Å²) >= 11 is 5.05. The van der Waals surface area contributed by atoms with E-state index in [1.807, 2.05) is 18.2 Å². The fourth-order valence-corrected chi connectivity index (χ4v) is 5.17. The molecule has 5 atom stereocenters. The minimum absolute atomic E-state index is 0.0261. The first-order valence-electron chi connectivity index (χ1n) is 13.6. The zero-order valence-corrected chi connectivity index (χ0v) is 25.6. The fraction of sp³-hybridized carbons (Fsp3) is 0.481. The lowest BCUT2D eigenvalue weighted by Gasteiger charge is -2.25. The zero-order valence-electron chi connectivity index (χ0n) is 23.9. The zero-order chi connectivity index (χ0) is 31.2. The Morgan fingerprint density at radius 1 is 1.19 bits per heavy atom. The molecule has 16 heteroatoms. The molecule has 0 amide bonds. The van der Waals surface area contributed by atoms with Gasteiger partial charge in [-0.25, -0.2) is 14.2 Å². The average Bonchev–Trinajstić information content (AvgIpc) is 3.32. The van der Waals surface area contributed by atoms with Crippen LogP contribution in [-0.4, -0.2) is 65.2 Å². The van der Waals surface area contributed by atoms with Gasteiger partial charge in [0.15, 0.2) is 5.11 Å². The molecule has 236 valence electrons. The quantitative estimate of drug-likeness (QED) is 0.0735. The predicted octanol–water partition coefficient (Wildman–Crippen LogP) is 2.75. The molecule has 1 aromatic carbocycles. The van der Waals surface area contributed by atoms with Gasteiger partial charge in [0, 0.05) is 38.9 Å². The van der Waals surface area contributed by atoms with Crippen LogP contribution in [0.3, 0.4) is 0 Å². The normalized spacial score (nSPS) is 21.3. The molecular formula is C27H37N4O10PS. The molecule has 1 saturated heterocycles. The number of nitrogens with one attached hydrogen (secondary N) is 3. The van der Waals surface area contributed by atoms with E-state index in [4.69, 9.17) is 31.0 Å². The molecule has 1 aliphatic heterocycles. The number of unbranched alkanes of at least 4 members (excludes halogenated alkanes) is 2. The van der Waals surface area contributed by atoms with Crippen LogP contribution in [0.4, 0.5) is 4.79 Å². The van der Waals surface area contributed by atoms with Crippen molar-refractivity contribution in [2.24, 2.45) is 5.92 Å². The molecule has 0 saturated carbocycles. The molecule has 0 aliphatic carbocycles. The van der Waals surface area contributed by atoms with Crippen LogP contribution in [0.1, 0.15) is 37.5 Å². The van der Waals surface area contributed by atoms with Gasteiger partial charge in [0.2, 0.25) is 0 Å². The lowest BCUT2D eigenvalue weighted by molar-refractivity contribution is -0.0605. The summed E-state index contributed by atoms with van der Waals surface area (Å²) in [5.41, 5.74) is -0.602. The molecule has 2 aromatic rings. The van der Waals surface area contributed by atoms with Crippen LogP contribution < -0.4 is 21.9 Å². The summed E-state index contributed by atoms with van der Waals surface area (Å²) in [7, 11) is -1.79. The highest BCUT2D eigenvalue weighted by Gasteiger charge is 2.49. The first-order valence-corrected chi connectivity index (χ1v) is 15.5. The maximum Gasteiger partial charge on any atom is 0.508 e. The second kappa shape index (κ2) is 17.1. The Morgan fingerprint density at radius 2 is 1.95 bits per heavy atom. The Bertz CT molecular complexity index is 1390. The van der Waals surface area contributed by atoms with Gasteiger partial charge in [-0.2, -0.15) is 0 Å². The van der Waals surface area contributed by atoms with Crippen molar-refractivity contribution < 1.29 is 37.5 Å². The maximum absolute atomic E-state index is 12.7. The molecule has 0 radical (unpaired) electrons. The molecule has 1 aromatic heterocycles. The number of H-pyrrole nitrogens is 1. The summed E-state index contributed by atoms with van der Waals surface area (Å²) in [6.07, 6.45) is 3.52. The van der Waals surface area contributed by atoms with Crippen LogP contribution >= 0.6 is 20.0 Å². The number of thiocarbonyl (C=S) groups is 1. The highest BCUT2D eigenvalue weighted by atomic mass is 32.1. The number of phosphoric acid groups is 1. The second-order valence-corrected chi connectivity index (χ2v) is 11.4. The molecule has 0 spiro atoms. The monoisotopic (exact) mass is 640 g/mol. The van der Waals surface area contributed by atoms with Crippen molar-refractivity contribution in [2.45, 2.75) is 50.7 Å². The first-order chi connectivity index (χ1) is 20.6. The van der Waals surface area contributed by atoms with E-state index in [-0.39, 0.29) is 13.0 Å². The Labute approximate surface area is 254 Å². The third-order valence-electron chi connectivity index (χ3n) is 6.53. The topological polar surface area (TPSA) is 179 Å². The van der Waals surface area contributed by atoms with Crippen molar-refractivity contribution >= 4 is 31.3 Å². The predicted molar refractivity (Wildman–Crippen MR) is 160 cm³/mol. The van der Waals surface area contributed by atoms with Crippen molar-refractivity contribution in [3.05, 3.63) is 81.1 Å². The molecule has 2 unspecified atom stereocenters. The Morgan fingerprint density at radius 3 is 2.65 bits per heavy atom. The molecule has 1 aliphatic rings. The molecule has 3 rings (SSSR count). The number of nitrogens with zero attached hydrogens (tertiary/aromatic N) is 1. The summed E-state index contributed by atoms with van der Waals surface area (Å²) in [6, 6.07) is 10.1. The number of hydrogen-bond acceptors (Lipinski definition) is 10. The lowest BCUT2D eigenvalue weighted by atomic mass is 9.95. The van der Waals surface area contributed by atoms with Gasteiger partial charge >= 0.3 is 19.7 Å². The average molecular weight is 641 g/mol.